The van der Waals surface area contributed by atoms with Gasteiger partial charge in [-0.3, -0.25) is 14.5 Å². The standard InChI is InChI=1S/C21H28F3N3O3/c1-15-3-2-4-17(13-15)18(26-9-11-30-12-10-26)14-25-19(28)16-5-7-27(8-6-16)20(29)21(22,23)24/h2-4,13,16,18H,5-12,14H2,1H3,(H,25,28). The molecule has 2 amide bonds. The maximum atomic E-state index is 12.7. The van der Waals surface area contributed by atoms with Gasteiger partial charge in [-0.25, -0.2) is 0 Å². The zero-order valence-electron chi connectivity index (χ0n) is 17.1. The number of rotatable bonds is 5. The van der Waals surface area contributed by atoms with Crippen molar-refractivity contribution in [3.63, 3.8) is 0 Å². The van der Waals surface area contributed by atoms with Gasteiger partial charge in [-0.05, 0) is 25.3 Å². The smallest absolute Gasteiger partial charge is 0.379 e. The molecule has 2 aliphatic heterocycles. The summed E-state index contributed by atoms with van der Waals surface area (Å²) in [6.45, 7) is 5.16. The van der Waals surface area contributed by atoms with Crippen molar-refractivity contribution in [2.24, 2.45) is 5.92 Å². The van der Waals surface area contributed by atoms with Gasteiger partial charge >= 0.3 is 12.1 Å². The number of likely N-dealkylation sites (tertiary alicyclic amines) is 1. The van der Waals surface area contributed by atoms with E-state index in [0.29, 0.717) is 19.8 Å². The second-order valence-corrected chi connectivity index (χ2v) is 7.89. The van der Waals surface area contributed by atoms with E-state index in [2.05, 4.69) is 16.3 Å². The van der Waals surface area contributed by atoms with Crippen molar-refractivity contribution in [3.05, 3.63) is 35.4 Å². The molecular weight excluding hydrogens is 399 g/mol. The summed E-state index contributed by atoms with van der Waals surface area (Å²) < 4.78 is 43.2. The number of amides is 2. The molecule has 0 aliphatic carbocycles. The van der Waals surface area contributed by atoms with Gasteiger partial charge in [0.2, 0.25) is 5.91 Å². The first-order chi connectivity index (χ1) is 14.3. The van der Waals surface area contributed by atoms with Crippen LogP contribution in [-0.4, -0.2) is 73.7 Å². The minimum Gasteiger partial charge on any atom is -0.379 e. The topological polar surface area (TPSA) is 61.9 Å². The lowest BCUT2D eigenvalue weighted by atomic mass is 9.95. The molecule has 1 unspecified atom stereocenters. The molecule has 30 heavy (non-hydrogen) atoms. The van der Waals surface area contributed by atoms with Crippen molar-refractivity contribution in [1.29, 1.82) is 0 Å². The lowest BCUT2D eigenvalue weighted by molar-refractivity contribution is -0.186. The Hall–Kier alpha value is -2.13. The van der Waals surface area contributed by atoms with Crippen LogP contribution >= 0.6 is 0 Å². The average molecular weight is 427 g/mol. The number of halogens is 3. The number of nitrogens with zero attached hydrogens (tertiary/aromatic N) is 2. The Bertz CT molecular complexity index is 743. The molecule has 9 heteroatoms. The van der Waals surface area contributed by atoms with E-state index < -0.39 is 12.1 Å². The Balaban J connectivity index is 1.57. The summed E-state index contributed by atoms with van der Waals surface area (Å²) >= 11 is 0. The Labute approximate surface area is 174 Å². The number of ether oxygens (including phenoxy) is 1. The Morgan fingerprint density at radius 2 is 1.83 bits per heavy atom. The summed E-state index contributed by atoms with van der Waals surface area (Å²) in [5.41, 5.74) is 2.25. The summed E-state index contributed by atoms with van der Waals surface area (Å²) in [4.78, 5) is 27.1. The van der Waals surface area contributed by atoms with Crippen LogP contribution < -0.4 is 5.32 Å². The number of hydrogen-bond acceptors (Lipinski definition) is 4. The molecule has 0 aromatic heterocycles. The van der Waals surface area contributed by atoms with E-state index in [4.69, 9.17) is 4.74 Å². The molecule has 1 aromatic rings. The fourth-order valence-electron chi connectivity index (χ4n) is 4.09. The fraction of sp³-hybridized carbons (Fsp3) is 0.619. The van der Waals surface area contributed by atoms with E-state index in [1.807, 2.05) is 25.1 Å². The highest BCUT2D eigenvalue weighted by Gasteiger charge is 2.43. The molecule has 1 atom stereocenters. The molecule has 166 valence electrons. The minimum atomic E-state index is -4.87. The number of carbonyl (C=O) groups is 2. The number of piperidine rings is 1. The molecule has 6 nitrogen and oxygen atoms in total. The molecular formula is C21H28F3N3O3. The molecule has 2 saturated heterocycles. The van der Waals surface area contributed by atoms with Crippen LogP contribution in [0.3, 0.4) is 0 Å². The van der Waals surface area contributed by atoms with Crippen molar-refractivity contribution in [2.45, 2.75) is 32.0 Å². The number of aryl methyl sites for hydroxylation is 1. The van der Waals surface area contributed by atoms with Gasteiger partial charge in [0.05, 0.1) is 19.3 Å². The molecule has 1 aromatic carbocycles. The lowest BCUT2D eigenvalue weighted by Gasteiger charge is -2.36. The fourth-order valence-corrected chi connectivity index (χ4v) is 4.09. The van der Waals surface area contributed by atoms with Gasteiger partial charge in [-0.15, -0.1) is 0 Å². The second kappa shape index (κ2) is 9.78. The molecule has 0 bridgehead atoms. The minimum absolute atomic E-state index is 0.00430. The number of alkyl halides is 3. The summed E-state index contributed by atoms with van der Waals surface area (Å²) in [7, 11) is 0. The second-order valence-electron chi connectivity index (χ2n) is 7.89. The molecule has 2 aliphatic rings. The first-order valence-electron chi connectivity index (χ1n) is 10.3. The van der Waals surface area contributed by atoms with E-state index in [-0.39, 0.29) is 43.8 Å². The third kappa shape index (κ3) is 5.72. The van der Waals surface area contributed by atoms with Crippen LogP contribution in [0.15, 0.2) is 24.3 Å². The van der Waals surface area contributed by atoms with Gasteiger partial charge in [-0.2, -0.15) is 13.2 Å². The van der Waals surface area contributed by atoms with Gasteiger partial charge in [0.25, 0.3) is 0 Å². The van der Waals surface area contributed by atoms with Crippen molar-refractivity contribution < 1.29 is 27.5 Å². The van der Waals surface area contributed by atoms with Crippen LogP contribution in [0, 0.1) is 12.8 Å². The maximum absolute atomic E-state index is 12.7. The van der Waals surface area contributed by atoms with Crippen LogP contribution in [0.1, 0.15) is 30.0 Å². The summed E-state index contributed by atoms with van der Waals surface area (Å²) in [6, 6.07) is 8.17. The molecule has 0 radical (unpaired) electrons. The Kier molecular flexibility index (Phi) is 7.36. The van der Waals surface area contributed by atoms with Crippen LogP contribution in [-0.2, 0) is 14.3 Å². The zero-order chi connectivity index (χ0) is 21.7. The third-order valence-corrected chi connectivity index (χ3v) is 5.78. The normalized spacial score (nSPS) is 20.1. The first-order valence-corrected chi connectivity index (χ1v) is 10.3. The van der Waals surface area contributed by atoms with Crippen LogP contribution in [0.25, 0.3) is 0 Å². The monoisotopic (exact) mass is 427 g/mol. The quantitative estimate of drug-likeness (QED) is 0.783. The third-order valence-electron chi connectivity index (χ3n) is 5.78. The molecule has 1 N–H and O–H groups in total. The van der Waals surface area contributed by atoms with Gasteiger partial charge in [0.1, 0.15) is 0 Å². The van der Waals surface area contributed by atoms with E-state index in [1.165, 1.54) is 0 Å². The van der Waals surface area contributed by atoms with Crippen molar-refractivity contribution in [2.75, 3.05) is 45.9 Å². The summed E-state index contributed by atoms with van der Waals surface area (Å²) in [5, 5.41) is 2.99. The summed E-state index contributed by atoms with van der Waals surface area (Å²) in [6.07, 6.45) is -4.39. The number of morpholine rings is 1. The predicted molar refractivity (Wildman–Crippen MR) is 105 cm³/mol. The van der Waals surface area contributed by atoms with Crippen LogP contribution in [0.2, 0.25) is 0 Å². The number of carbonyl (C=O) groups excluding carboxylic acids is 2. The van der Waals surface area contributed by atoms with Gasteiger partial charge in [0, 0.05) is 38.6 Å². The highest BCUT2D eigenvalue weighted by atomic mass is 19.4. The highest BCUT2D eigenvalue weighted by Crippen LogP contribution is 2.25. The van der Waals surface area contributed by atoms with E-state index in [1.54, 1.807) is 0 Å². The van der Waals surface area contributed by atoms with Crippen LogP contribution in [0.5, 0.6) is 0 Å². The Morgan fingerprint density at radius 1 is 1.17 bits per heavy atom. The lowest BCUT2D eigenvalue weighted by Crippen LogP contribution is -2.48. The predicted octanol–water partition coefficient (Wildman–Crippen LogP) is 2.29. The largest absolute Gasteiger partial charge is 0.471 e. The van der Waals surface area contributed by atoms with Gasteiger partial charge < -0.3 is 15.0 Å². The molecule has 2 heterocycles. The molecule has 3 rings (SSSR count). The zero-order valence-corrected chi connectivity index (χ0v) is 17.1. The number of benzene rings is 1. The Morgan fingerprint density at radius 3 is 2.43 bits per heavy atom. The number of nitrogens with one attached hydrogen (secondary N) is 1. The van der Waals surface area contributed by atoms with Crippen molar-refractivity contribution in [1.82, 2.24) is 15.1 Å². The van der Waals surface area contributed by atoms with Crippen molar-refractivity contribution in [3.8, 4) is 0 Å². The van der Waals surface area contributed by atoms with E-state index >= 15 is 0 Å². The average Bonchev–Trinajstić information content (AvgIpc) is 2.73. The number of hydrogen-bond donors (Lipinski definition) is 1. The van der Waals surface area contributed by atoms with E-state index in [0.717, 1.165) is 29.1 Å². The van der Waals surface area contributed by atoms with Crippen molar-refractivity contribution >= 4 is 11.8 Å². The maximum Gasteiger partial charge on any atom is 0.471 e. The summed E-state index contributed by atoms with van der Waals surface area (Å²) in [5.74, 6) is -2.38. The molecule has 2 fully saturated rings. The van der Waals surface area contributed by atoms with E-state index in [9.17, 15) is 22.8 Å². The molecule has 0 saturated carbocycles. The highest BCUT2D eigenvalue weighted by molar-refractivity contribution is 5.83. The van der Waals surface area contributed by atoms with Crippen LogP contribution in [0.4, 0.5) is 13.2 Å². The SMILES string of the molecule is Cc1cccc(C(CNC(=O)C2CCN(C(=O)C(F)(F)F)CC2)N2CCOCC2)c1. The van der Waals surface area contributed by atoms with Gasteiger partial charge in [0.15, 0.2) is 0 Å². The first kappa shape index (κ1) is 22.6. The molecule has 0 spiro atoms. The van der Waals surface area contributed by atoms with Gasteiger partial charge in [-0.1, -0.05) is 29.8 Å².